The lowest BCUT2D eigenvalue weighted by atomic mass is 10.1. The Morgan fingerprint density at radius 2 is 2.40 bits per heavy atom. The monoisotopic (exact) mass is 229 g/mol. The Morgan fingerprint density at radius 3 is 2.87 bits per heavy atom. The van der Waals surface area contributed by atoms with Gasteiger partial charge in [-0.15, -0.1) is 0 Å². The second-order valence-electron chi connectivity index (χ2n) is 3.64. The van der Waals surface area contributed by atoms with Crippen LogP contribution in [0.2, 0.25) is 0 Å². The molecule has 0 saturated carbocycles. The standard InChI is InChI=1S/C10H19N3OS/c1-4-10(11-5-6-15(3)14)9-7-12-13(2)8-9/h7-8,10-11H,4-6H2,1-3H3. The third kappa shape index (κ3) is 4.13. The van der Waals surface area contributed by atoms with Crippen LogP contribution >= 0.6 is 0 Å². The first-order chi connectivity index (χ1) is 7.13. The Hall–Kier alpha value is -0.680. The van der Waals surface area contributed by atoms with Crippen molar-refractivity contribution in [3.8, 4) is 0 Å². The van der Waals surface area contributed by atoms with Gasteiger partial charge in [-0.3, -0.25) is 8.89 Å². The fraction of sp³-hybridized carbons (Fsp3) is 0.700. The molecule has 0 aliphatic heterocycles. The van der Waals surface area contributed by atoms with Gasteiger partial charge in [0.15, 0.2) is 0 Å². The lowest BCUT2D eigenvalue weighted by Gasteiger charge is -2.14. The van der Waals surface area contributed by atoms with Gasteiger partial charge >= 0.3 is 0 Å². The maximum Gasteiger partial charge on any atom is 0.0537 e. The highest BCUT2D eigenvalue weighted by molar-refractivity contribution is 7.84. The molecular formula is C10H19N3OS. The molecule has 1 rings (SSSR count). The fourth-order valence-electron chi connectivity index (χ4n) is 1.49. The van der Waals surface area contributed by atoms with Crippen molar-refractivity contribution >= 4 is 10.8 Å². The van der Waals surface area contributed by atoms with Crippen molar-refractivity contribution in [1.82, 2.24) is 15.1 Å². The van der Waals surface area contributed by atoms with E-state index in [1.165, 1.54) is 5.56 Å². The molecule has 0 bridgehead atoms. The average Bonchev–Trinajstić information content (AvgIpc) is 2.59. The molecule has 0 amide bonds. The number of aryl methyl sites for hydroxylation is 1. The molecule has 86 valence electrons. The molecule has 1 N–H and O–H groups in total. The first kappa shape index (κ1) is 12.4. The number of nitrogens with zero attached hydrogens (tertiary/aromatic N) is 2. The van der Waals surface area contributed by atoms with Crippen molar-refractivity contribution in [2.75, 3.05) is 18.6 Å². The number of rotatable bonds is 6. The van der Waals surface area contributed by atoms with Crippen LogP contribution in [0.15, 0.2) is 12.4 Å². The second kappa shape index (κ2) is 6.02. The number of aromatic nitrogens is 2. The molecule has 0 aromatic carbocycles. The molecule has 0 aliphatic rings. The van der Waals surface area contributed by atoms with E-state index in [-0.39, 0.29) is 0 Å². The number of hydrogen-bond donors (Lipinski definition) is 1. The van der Waals surface area contributed by atoms with Crippen molar-refractivity contribution in [1.29, 1.82) is 0 Å². The minimum Gasteiger partial charge on any atom is -0.309 e. The summed E-state index contributed by atoms with van der Waals surface area (Å²) >= 11 is 0. The van der Waals surface area contributed by atoms with Gasteiger partial charge in [-0.1, -0.05) is 6.92 Å². The Labute approximate surface area is 93.5 Å². The number of nitrogens with one attached hydrogen (secondary N) is 1. The summed E-state index contributed by atoms with van der Waals surface area (Å²) in [5.74, 6) is 0.705. The Bertz CT molecular complexity index is 324. The van der Waals surface area contributed by atoms with Gasteiger partial charge in [-0.05, 0) is 6.42 Å². The summed E-state index contributed by atoms with van der Waals surface area (Å²) < 4.78 is 12.7. The zero-order valence-corrected chi connectivity index (χ0v) is 10.4. The molecule has 1 aromatic heterocycles. The second-order valence-corrected chi connectivity index (χ2v) is 5.19. The van der Waals surface area contributed by atoms with E-state index in [0.29, 0.717) is 11.8 Å². The zero-order chi connectivity index (χ0) is 11.3. The molecule has 0 radical (unpaired) electrons. The highest BCUT2D eigenvalue weighted by Gasteiger charge is 2.09. The van der Waals surface area contributed by atoms with Crippen LogP contribution in [0.4, 0.5) is 0 Å². The molecule has 0 fully saturated rings. The summed E-state index contributed by atoms with van der Waals surface area (Å²) in [7, 11) is 1.20. The van der Waals surface area contributed by atoms with Crippen molar-refractivity contribution in [2.24, 2.45) is 7.05 Å². The highest BCUT2D eigenvalue weighted by Crippen LogP contribution is 2.14. The van der Waals surface area contributed by atoms with Gasteiger partial charge in [0.1, 0.15) is 0 Å². The fourth-order valence-corrected chi connectivity index (χ4v) is 1.90. The Morgan fingerprint density at radius 1 is 1.67 bits per heavy atom. The molecule has 15 heavy (non-hydrogen) atoms. The highest BCUT2D eigenvalue weighted by atomic mass is 32.2. The molecule has 2 atom stereocenters. The van der Waals surface area contributed by atoms with E-state index in [1.807, 2.05) is 19.4 Å². The third-order valence-corrected chi connectivity index (χ3v) is 3.09. The van der Waals surface area contributed by atoms with Crippen LogP contribution in [-0.2, 0) is 17.8 Å². The number of hydrogen-bond acceptors (Lipinski definition) is 3. The molecule has 4 nitrogen and oxygen atoms in total. The van der Waals surface area contributed by atoms with Crippen molar-refractivity contribution in [3.63, 3.8) is 0 Å². The quantitative estimate of drug-likeness (QED) is 0.786. The summed E-state index contributed by atoms with van der Waals surface area (Å²) in [5, 5.41) is 7.53. The van der Waals surface area contributed by atoms with Crippen molar-refractivity contribution in [3.05, 3.63) is 18.0 Å². The summed E-state index contributed by atoms with van der Waals surface area (Å²) in [6, 6.07) is 0.322. The van der Waals surface area contributed by atoms with Gasteiger partial charge in [-0.2, -0.15) is 5.10 Å². The third-order valence-electron chi connectivity index (χ3n) is 2.32. The Balaban J connectivity index is 2.45. The van der Waals surface area contributed by atoms with E-state index in [0.717, 1.165) is 13.0 Å². The largest absolute Gasteiger partial charge is 0.309 e. The molecule has 0 saturated heterocycles. The maximum absolute atomic E-state index is 10.9. The van der Waals surface area contributed by atoms with Gasteiger partial charge in [0.05, 0.1) is 6.20 Å². The van der Waals surface area contributed by atoms with Gasteiger partial charge in [0.2, 0.25) is 0 Å². The summed E-state index contributed by atoms with van der Waals surface area (Å²) in [5.41, 5.74) is 1.20. The van der Waals surface area contributed by atoms with Crippen LogP contribution in [0.5, 0.6) is 0 Å². The van der Waals surface area contributed by atoms with Gasteiger partial charge in [0, 0.05) is 54.2 Å². The lowest BCUT2D eigenvalue weighted by Crippen LogP contribution is -2.25. The molecule has 5 heteroatoms. The van der Waals surface area contributed by atoms with Crippen LogP contribution in [0.25, 0.3) is 0 Å². The summed E-state index contributed by atoms with van der Waals surface area (Å²) in [6.07, 6.45) is 6.64. The minimum atomic E-state index is -0.718. The van der Waals surface area contributed by atoms with E-state index < -0.39 is 10.8 Å². The lowest BCUT2D eigenvalue weighted by molar-refractivity contribution is 0.537. The molecule has 1 aromatic rings. The van der Waals surface area contributed by atoms with Crippen molar-refractivity contribution in [2.45, 2.75) is 19.4 Å². The normalized spacial score (nSPS) is 15.1. The average molecular weight is 229 g/mol. The van der Waals surface area contributed by atoms with Crippen LogP contribution in [0, 0.1) is 0 Å². The predicted octanol–water partition coefficient (Wildman–Crippen LogP) is 0.839. The maximum atomic E-state index is 10.9. The van der Waals surface area contributed by atoms with Crippen molar-refractivity contribution < 1.29 is 4.21 Å². The molecular weight excluding hydrogens is 210 g/mol. The minimum absolute atomic E-state index is 0.322. The molecule has 2 unspecified atom stereocenters. The van der Waals surface area contributed by atoms with Crippen LogP contribution in [-0.4, -0.2) is 32.5 Å². The first-order valence-corrected chi connectivity index (χ1v) is 6.88. The smallest absolute Gasteiger partial charge is 0.0537 e. The van der Waals surface area contributed by atoms with Gasteiger partial charge in [0.25, 0.3) is 0 Å². The van der Waals surface area contributed by atoms with E-state index in [1.54, 1.807) is 10.9 Å². The van der Waals surface area contributed by atoms with E-state index >= 15 is 0 Å². The van der Waals surface area contributed by atoms with Gasteiger partial charge < -0.3 is 5.32 Å². The van der Waals surface area contributed by atoms with E-state index in [4.69, 9.17) is 0 Å². The molecule has 0 spiro atoms. The predicted molar refractivity (Wildman–Crippen MR) is 63.2 cm³/mol. The summed E-state index contributed by atoms with van der Waals surface area (Å²) in [4.78, 5) is 0. The van der Waals surface area contributed by atoms with Gasteiger partial charge in [-0.25, -0.2) is 0 Å². The zero-order valence-electron chi connectivity index (χ0n) is 9.56. The molecule has 1 heterocycles. The topological polar surface area (TPSA) is 46.9 Å². The molecule has 0 aliphatic carbocycles. The SMILES string of the molecule is CCC(NCCS(C)=O)c1cnn(C)c1. The van der Waals surface area contributed by atoms with Crippen LogP contribution < -0.4 is 5.32 Å². The Kier molecular flexibility index (Phi) is 4.98. The van der Waals surface area contributed by atoms with Crippen LogP contribution in [0.3, 0.4) is 0 Å². The summed E-state index contributed by atoms with van der Waals surface area (Å²) in [6.45, 7) is 2.92. The van der Waals surface area contributed by atoms with E-state index in [9.17, 15) is 4.21 Å². The van der Waals surface area contributed by atoms with Crippen LogP contribution in [0.1, 0.15) is 24.9 Å². The first-order valence-electron chi connectivity index (χ1n) is 5.15. The van der Waals surface area contributed by atoms with E-state index in [2.05, 4.69) is 17.3 Å².